The van der Waals surface area contributed by atoms with Gasteiger partial charge in [0.15, 0.2) is 5.82 Å². The maximum Gasteiger partial charge on any atom is 0.259 e. The molecular formula is C32H36Cl2N8O4. The Morgan fingerprint density at radius 2 is 1.76 bits per heavy atom. The van der Waals surface area contributed by atoms with Crippen LogP contribution in [0.5, 0.6) is 11.5 Å². The zero-order valence-corrected chi connectivity index (χ0v) is 27.4. The number of ether oxygens (including phenoxy) is 2. The van der Waals surface area contributed by atoms with Gasteiger partial charge in [0.25, 0.3) is 5.56 Å². The molecule has 6 rings (SSSR count). The van der Waals surface area contributed by atoms with Crippen LogP contribution in [0.25, 0.3) is 22.2 Å². The SMILES string of the molecule is C=CC(=O)NC1CN(c2ccn(C3CCCCC3)n2)CC1Nc1ncc2cc(-c3c(Cl)c(OC)cc(OC)c3Cl)c(=O)n(C)c2n1. The second-order valence-electron chi connectivity index (χ2n) is 11.6. The molecular weight excluding hydrogens is 631 g/mol. The summed E-state index contributed by atoms with van der Waals surface area (Å²) in [5.41, 5.74) is 0.578. The van der Waals surface area contributed by atoms with Crippen LogP contribution >= 0.6 is 23.2 Å². The number of aromatic nitrogens is 5. The number of aryl methyl sites for hydroxylation is 1. The molecule has 2 N–H and O–H groups in total. The van der Waals surface area contributed by atoms with Crippen molar-refractivity contribution in [2.24, 2.45) is 7.05 Å². The highest BCUT2D eigenvalue weighted by Gasteiger charge is 2.35. The number of nitrogens with zero attached hydrogens (tertiary/aromatic N) is 6. The first kappa shape index (κ1) is 31.7. The number of amides is 1. The summed E-state index contributed by atoms with van der Waals surface area (Å²) >= 11 is 13.3. The van der Waals surface area contributed by atoms with Crippen LogP contribution in [-0.2, 0) is 11.8 Å². The minimum Gasteiger partial charge on any atom is -0.495 e. The fourth-order valence-corrected chi connectivity index (χ4v) is 7.06. The first-order chi connectivity index (χ1) is 22.2. The van der Waals surface area contributed by atoms with Crippen molar-refractivity contribution >= 4 is 51.9 Å². The van der Waals surface area contributed by atoms with Gasteiger partial charge < -0.3 is 25.0 Å². The lowest BCUT2D eigenvalue weighted by atomic mass is 9.96. The van der Waals surface area contributed by atoms with Gasteiger partial charge in [-0.05, 0) is 25.0 Å². The lowest BCUT2D eigenvalue weighted by molar-refractivity contribution is -0.117. The number of methoxy groups -OCH3 is 2. The molecule has 2 fully saturated rings. The summed E-state index contributed by atoms with van der Waals surface area (Å²) in [6, 6.07) is 5.15. The van der Waals surface area contributed by atoms with Crippen molar-refractivity contribution in [3.05, 3.63) is 63.6 Å². The number of hydrogen-bond acceptors (Lipinski definition) is 9. The van der Waals surface area contributed by atoms with Gasteiger partial charge in [0.2, 0.25) is 11.9 Å². The number of halogens is 2. The van der Waals surface area contributed by atoms with Crippen molar-refractivity contribution in [3.8, 4) is 22.6 Å². The van der Waals surface area contributed by atoms with E-state index in [1.165, 1.54) is 44.1 Å². The summed E-state index contributed by atoms with van der Waals surface area (Å²) in [5, 5.41) is 12.3. The zero-order chi connectivity index (χ0) is 32.5. The highest BCUT2D eigenvalue weighted by Crippen LogP contribution is 2.45. The number of benzene rings is 1. The van der Waals surface area contributed by atoms with Gasteiger partial charge in [-0.1, -0.05) is 49.0 Å². The van der Waals surface area contributed by atoms with Crippen LogP contribution in [0, 0.1) is 0 Å². The summed E-state index contributed by atoms with van der Waals surface area (Å²) in [6.07, 6.45) is 10.9. The molecule has 14 heteroatoms. The van der Waals surface area contributed by atoms with Crippen molar-refractivity contribution in [2.75, 3.05) is 37.5 Å². The van der Waals surface area contributed by atoms with Gasteiger partial charge in [-0.15, -0.1) is 0 Å². The molecule has 0 radical (unpaired) electrons. The third-order valence-corrected chi connectivity index (χ3v) is 9.56. The number of anilines is 2. The third-order valence-electron chi connectivity index (χ3n) is 8.81. The van der Waals surface area contributed by atoms with E-state index in [0.717, 1.165) is 18.7 Å². The average Bonchev–Trinajstić information content (AvgIpc) is 3.72. The highest BCUT2D eigenvalue weighted by atomic mass is 35.5. The van der Waals surface area contributed by atoms with E-state index < -0.39 is 0 Å². The van der Waals surface area contributed by atoms with Crippen LogP contribution in [0.4, 0.5) is 11.8 Å². The van der Waals surface area contributed by atoms with Gasteiger partial charge in [-0.2, -0.15) is 10.1 Å². The number of fused-ring (bicyclic) bond motifs is 1. The molecule has 12 nitrogen and oxygen atoms in total. The van der Waals surface area contributed by atoms with Gasteiger partial charge in [-0.3, -0.25) is 18.8 Å². The van der Waals surface area contributed by atoms with E-state index in [1.54, 1.807) is 25.4 Å². The quantitative estimate of drug-likeness (QED) is 0.237. The summed E-state index contributed by atoms with van der Waals surface area (Å²) in [5.74, 6) is 1.54. The van der Waals surface area contributed by atoms with Crippen LogP contribution in [-0.4, -0.2) is 69.6 Å². The van der Waals surface area contributed by atoms with Crippen LogP contribution in [0.3, 0.4) is 0 Å². The topological polar surface area (TPSA) is 128 Å². The summed E-state index contributed by atoms with van der Waals surface area (Å²) < 4.78 is 14.3. The molecule has 0 spiro atoms. The maximum atomic E-state index is 13.7. The molecule has 46 heavy (non-hydrogen) atoms. The second-order valence-corrected chi connectivity index (χ2v) is 12.4. The van der Waals surface area contributed by atoms with Crippen molar-refractivity contribution in [2.45, 2.75) is 50.2 Å². The number of rotatable bonds is 9. The zero-order valence-electron chi connectivity index (χ0n) is 25.9. The van der Waals surface area contributed by atoms with Gasteiger partial charge in [-0.25, -0.2) is 4.98 Å². The van der Waals surface area contributed by atoms with Crippen molar-refractivity contribution in [3.63, 3.8) is 0 Å². The van der Waals surface area contributed by atoms with Gasteiger partial charge >= 0.3 is 0 Å². The molecule has 2 aliphatic rings. The largest absolute Gasteiger partial charge is 0.495 e. The monoisotopic (exact) mass is 666 g/mol. The molecule has 2 unspecified atom stereocenters. The van der Waals surface area contributed by atoms with E-state index in [4.69, 9.17) is 42.8 Å². The number of pyridine rings is 1. The van der Waals surface area contributed by atoms with E-state index in [0.29, 0.717) is 53.2 Å². The van der Waals surface area contributed by atoms with E-state index in [1.807, 2.05) is 12.3 Å². The smallest absolute Gasteiger partial charge is 0.259 e. The molecule has 1 aromatic carbocycles. The van der Waals surface area contributed by atoms with Crippen LogP contribution < -0.4 is 30.6 Å². The first-order valence-electron chi connectivity index (χ1n) is 15.2. The Morgan fingerprint density at radius 3 is 2.43 bits per heavy atom. The summed E-state index contributed by atoms with van der Waals surface area (Å²) in [6.45, 7) is 4.70. The Labute approximate surface area is 276 Å². The maximum absolute atomic E-state index is 13.7. The second kappa shape index (κ2) is 13.2. The lowest BCUT2D eigenvalue weighted by Crippen LogP contribution is -2.45. The minimum absolute atomic E-state index is 0.186. The van der Waals surface area contributed by atoms with Crippen molar-refractivity contribution in [1.82, 2.24) is 29.6 Å². The Hall–Kier alpha value is -4.29. The van der Waals surface area contributed by atoms with Crippen LogP contribution in [0.1, 0.15) is 38.1 Å². The predicted molar refractivity (Wildman–Crippen MR) is 179 cm³/mol. The van der Waals surface area contributed by atoms with E-state index >= 15 is 0 Å². The van der Waals surface area contributed by atoms with Gasteiger partial charge in [0.1, 0.15) is 17.1 Å². The lowest BCUT2D eigenvalue weighted by Gasteiger charge is -2.22. The standard InChI is InChI=1S/C32H36Cl2N8O4/c1-5-26(43)36-21-16-41(25-11-12-42(39-25)19-9-7-6-8-10-19)17-22(21)37-32-35-15-18-13-20(31(44)40(2)30(18)38-32)27-28(33)23(45-3)14-24(46-4)29(27)34/h5,11-15,19,21-22H,1,6-10,16-17H2,2-4H3,(H,36,43)(H,35,37,38). The fourth-order valence-electron chi connectivity index (χ4n) is 6.35. The van der Waals surface area contributed by atoms with E-state index in [9.17, 15) is 9.59 Å². The minimum atomic E-state index is -0.368. The molecule has 3 aromatic heterocycles. The molecule has 1 aliphatic heterocycles. The van der Waals surface area contributed by atoms with E-state index in [-0.39, 0.29) is 39.2 Å². The number of nitrogens with one attached hydrogen (secondary N) is 2. The van der Waals surface area contributed by atoms with Crippen LogP contribution in [0.15, 0.2) is 48.0 Å². The third kappa shape index (κ3) is 5.99. The van der Waals surface area contributed by atoms with Crippen molar-refractivity contribution in [1.29, 1.82) is 0 Å². The molecule has 4 aromatic rings. The number of carbonyl (C=O) groups excluding carboxylic acids is 1. The Balaban J connectivity index is 1.29. The van der Waals surface area contributed by atoms with Gasteiger partial charge in [0.05, 0.1) is 48.0 Å². The Kier molecular flexibility index (Phi) is 9.10. The first-order valence-corrected chi connectivity index (χ1v) is 15.9. The molecule has 1 saturated carbocycles. The molecule has 1 amide bonds. The highest BCUT2D eigenvalue weighted by molar-refractivity contribution is 6.41. The van der Waals surface area contributed by atoms with Gasteiger partial charge in [0, 0.05) is 55.6 Å². The summed E-state index contributed by atoms with van der Waals surface area (Å²) in [4.78, 5) is 37.4. The van der Waals surface area contributed by atoms with E-state index in [2.05, 4.69) is 31.8 Å². The fraction of sp³-hybridized carbons (Fsp3) is 0.406. The predicted octanol–water partition coefficient (Wildman–Crippen LogP) is 4.99. The van der Waals surface area contributed by atoms with Crippen LogP contribution in [0.2, 0.25) is 10.0 Å². The summed E-state index contributed by atoms with van der Waals surface area (Å²) in [7, 11) is 4.57. The molecule has 1 saturated heterocycles. The molecule has 2 atom stereocenters. The molecule has 0 bridgehead atoms. The normalized spacial score (nSPS) is 18.5. The molecule has 1 aliphatic carbocycles. The molecule has 242 valence electrons. The average molecular weight is 668 g/mol. The number of carbonyl (C=O) groups is 1. The number of hydrogen-bond donors (Lipinski definition) is 2. The Morgan fingerprint density at radius 1 is 1.07 bits per heavy atom. The Bertz CT molecular complexity index is 1820. The molecule has 4 heterocycles. The van der Waals surface area contributed by atoms with Crippen molar-refractivity contribution < 1.29 is 14.3 Å².